The normalized spacial score (nSPS) is 19.4. The van der Waals surface area contributed by atoms with Crippen LogP contribution in [0.25, 0.3) is 0 Å². The van der Waals surface area contributed by atoms with E-state index in [9.17, 15) is 5.11 Å². The fourth-order valence-corrected chi connectivity index (χ4v) is 2.23. The molecular formula is C12H21N3O2. The van der Waals surface area contributed by atoms with Gasteiger partial charge in [0.1, 0.15) is 0 Å². The molecule has 1 aromatic heterocycles. The Morgan fingerprint density at radius 2 is 2.29 bits per heavy atom. The molecule has 1 aliphatic rings. The lowest BCUT2D eigenvalue weighted by Crippen LogP contribution is -2.52. The fourth-order valence-electron chi connectivity index (χ4n) is 2.23. The number of ether oxygens (including phenoxy) is 1. The van der Waals surface area contributed by atoms with Crippen molar-refractivity contribution in [1.82, 2.24) is 15.1 Å². The van der Waals surface area contributed by atoms with Crippen molar-refractivity contribution >= 4 is 0 Å². The predicted octanol–water partition coefficient (Wildman–Crippen LogP) is 0.534. The minimum Gasteiger partial charge on any atom is -0.394 e. The first-order valence-corrected chi connectivity index (χ1v) is 6.24. The van der Waals surface area contributed by atoms with Crippen LogP contribution in [0.4, 0.5) is 0 Å². The maximum Gasteiger partial charge on any atom is 0.0615 e. The Bertz CT molecular complexity index is 345. The number of aliphatic hydroxyl groups is 1. The number of rotatable bonds is 5. The third-order valence-corrected chi connectivity index (χ3v) is 3.50. The van der Waals surface area contributed by atoms with E-state index in [1.165, 1.54) is 0 Å². The maximum absolute atomic E-state index is 9.56. The molecule has 0 spiro atoms. The number of nitrogens with one attached hydrogen (secondary N) is 1. The highest BCUT2D eigenvalue weighted by atomic mass is 16.5. The average Bonchev–Trinajstić information content (AvgIpc) is 2.85. The van der Waals surface area contributed by atoms with Gasteiger partial charge >= 0.3 is 0 Å². The van der Waals surface area contributed by atoms with E-state index in [-0.39, 0.29) is 12.1 Å². The second-order valence-corrected chi connectivity index (χ2v) is 4.54. The van der Waals surface area contributed by atoms with Crippen molar-refractivity contribution in [2.45, 2.75) is 38.4 Å². The molecule has 0 atom stereocenters. The van der Waals surface area contributed by atoms with Crippen LogP contribution < -0.4 is 5.32 Å². The Balaban J connectivity index is 1.95. The Morgan fingerprint density at radius 3 is 2.94 bits per heavy atom. The van der Waals surface area contributed by atoms with Gasteiger partial charge in [0.15, 0.2) is 0 Å². The number of aliphatic hydroxyl groups excluding tert-OH is 1. The van der Waals surface area contributed by atoms with Crippen molar-refractivity contribution in [3.63, 3.8) is 0 Å². The van der Waals surface area contributed by atoms with E-state index < -0.39 is 0 Å². The van der Waals surface area contributed by atoms with E-state index in [2.05, 4.69) is 17.3 Å². The van der Waals surface area contributed by atoms with Crippen LogP contribution in [0.15, 0.2) is 12.3 Å². The molecular weight excluding hydrogens is 218 g/mol. The van der Waals surface area contributed by atoms with Gasteiger partial charge in [0.2, 0.25) is 0 Å². The average molecular weight is 239 g/mol. The smallest absolute Gasteiger partial charge is 0.0615 e. The van der Waals surface area contributed by atoms with Crippen molar-refractivity contribution in [2.75, 3.05) is 19.8 Å². The van der Waals surface area contributed by atoms with E-state index in [1.54, 1.807) is 0 Å². The molecule has 0 aliphatic carbocycles. The Hall–Kier alpha value is -0.910. The fraction of sp³-hybridized carbons (Fsp3) is 0.750. The highest BCUT2D eigenvalue weighted by molar-refractivity contribution is 5.02. The van der Waals surface area contributed by atoms with Gasteiger partial charge in [0.25, 0.3) is 0 Å². The van der Waals surface area contributed by atoms with Gasteiger partial charge in [-0.05, 0) is 25.8 Å². The Kier molecular flexibility index (Phi) is 4.15. The molecule has 1 saturated heterocycles. The number of aryl methyl sites for hydroxylation is 1. The molecule has 0 bridgehead atoms. The van der Waals surface area contributed by atoms with Crippen LogP contribution in [-0.2, 0) is 17.8 Å². The lowest BCUT2D eigenvalue weighted by Gasteiger charge is -2.36. The summed E-state index contributed by atoms with van der Waals surface area (Å²) in [7, 11) is 0. The van der Waals surface area contributed by atoms with Crippen molar-refractivity contribution in [3.05, 3.63) is 18.0 Å². The second kappa shape index (κ2) is 5.62. The van der Waals surface area contributed by atoms with Gasteiger partial charge in [0, 0.05) is 38.0 Å². The van der Waals surface area contributed by atoms with Crippen molar-refractivity contribution in [1.29, 1.82) is 0 Å². The number of hydrogen-bond acceptors (Lipinski definition) is 4. The van der Waals surface area contributed by atoms with Crippen LogP contribution in [0.5, 0.6) is 0 Å². The second-order valence-electron chi connectivity index (χ2n) is 4.54. The minimum atomic E-state index is -0.179. The van der Waals surface area contributed by atoms with Crippen LogP contribution in [-0.4, -0.2) is 40.2 Å². The van der Waals surface area contributed by atoms with Gasteiger partial charge < -0.3 is 15.2 Å². The van der Waals surface area contributed by atoms with Crippen LogP contribution in [0.2, 0.25) is 0 Å². The molecule has 17 heavy (non-hydrogen) atoms. The van der Waals surface area contributed by atoms with E-state index in [0.717, 1.165) is 44.8 Å². The van der Waals surface area contributed by atoms with E-state index >= 15 is 0 Å². The zero-order valence-electron chi connectivity index (χ0n) is 10.4. The summed E-state index contributed by atoms with van der Waals surface area (Å²) in [5.41, 5.74) is 0.980. The zero-order chi connectivity index (χ0) is 12.1. The molecule has 0 unspecified atom stereocenters. The first-order valence-electron chi connectivity index (χ1n) is 6.24. The van der Waals surface area contributed by atoms with E-state index in [0.29, 0.717) is 0 Å². The molecule has 1 fully saturated rings. The molecule has 2 rings (SSSR count). The van der Waals surface area contributed by atoms with Crippen LogP contribution in [0, 0.1) is 0 Å². The largest absolute Gasteiger partial charge is 0.394 e. The molecule has 96 valence electrons. The van der Waals surface area contributed by atoms with Crippen LogP contribution >= 0.6 is 0 Å². The van der Waals surface area contributed by atoms with Gasteiger partial charge in [-0.15, -0.1) is 0 Å². The molecule has 0 saturated carbocycles. The van der Waals surface area contributed by atoms with Gasteiger partial charge in [-0.1, -0.05) is 0 Å². The van der Waals surface area contributed by atoms with E-state index in [1.807, 2.05) is 16.9 Å². The quantitative estimate of drug-likeness (QED) is 0.787. The topological polar surface area (TPSA) is 59.3 Å². The van der Waals surface area contributed by atoms with Crippen molar-refractivity contribution in [2.24, 2.45) is 0 Å². The van der Waals surface area contributed by atoms with Crippen LogP contribution in [0.3, 0.4) is 0 Å². The SMILES string of the molecule is CCn1nccc1CNC1(CO)CCOCC1. The van der Waals surface area contributed by atoms with Crippen molar-refractivity contribution in [3.8, 4) is 0 Å². The first-order chi connectivity index (χ1) is 8.29. The third kappa shape index (κ3) is 2.86. The number of nitrogens with zero attached hydrogens (tertiary/aromatic N) is 2. The minimum absolute atomic E-state index is 0.163. The molecule has 1 aliphatic heterocycles. The molecule has 5 heteroatoms. The first kappa shape index (κ1) is 12.5. The van der Waals surface area contributed by atoms with Gasteiger partial charge in [-0.25, -0.2) is 0 Å². The Labute approximate surface area is 102 Å². The predicted molar refractivity (Wildman–Crippen MR) is 64.6 cm³/mol. The summed E-state index contributed by atoms with van der Waals surface area (Å²) in [4.78, 5) is 0. The summed E-state index contributed by atoms with van der Waals surface area (Å²) in [5, 5.41) is 17.3. The number of aromatic nitrogens is 2. The lowest BCUT2D eigenvalue weighted by molar-refractivity contribution is 0.0109. The summed E-state index contributed by atoms with van der Waals surface area (Å²) in [6.45, 7) is 5.30. The summed E-state index contributed by atoms with van der Waals surface area (Å²) in [6, 6.07) is 2.01. The molecule has 0 amide bonds. The maximum atomic E-state index is 9.56. The van der Waals surface area contributed by atoms with Gasteiger partial charge in [0.05, 0.1) is 12.3 Å². The number of hydrogen-bond donors (Lipinski definition) is 2. The molecule has 1 aromatic rings. The summed E-state index contributed by atoms with van der Waals surface area (Å²) in [6.07, 6.45) is 3.55. The summed E-state index contributed by atoms with van der Waals surface area (Å²) < 4.78 is 7.31. The van der Waals surface area contributed by atoms with Gasteiger partial charge in [-0.3, -0.25) is 4.68 Å². The molecule has 5 nitrogen and oxygen atoms in total. The third-order valence-electron chi connectivity index (χ3n) is 3.50. The highest BCUT2D eigenvalue weighted by Gasteiger charge is 2.31. The molecule has 2 heterocycles. The monoisotopic (exact) mass is 239 g/mol. The molecule has 0 radical (unpaired) electrons. The van der Waals surface area contributed by atoms with Crippen LogP contribution in [0.1, 0.15) is 25.5 Å². The molecule has 0 aromatic carbocycles. The summed E-state index contributed by atoms with van der Waals surface area (Å²) >= 11 is 0. The van der Waals surface area contributed by atoms with Gasteiger partial charge in [-0.2, -0.15) is 5.10 Å². The highest BCUT2D eigenvalue weighted by Crippen LogP contribution is 2.20. The standard InChI is InChI=1S/C12H21N3O2/c1-2-15-11(3-6-14-15)9-13-12(10-16)4-7-17-8-5-12/h3,6,13,16H,2,4-5,7-10H2,1H3. The zero-order valence-corrected chi connectivity index (χ0v) is 10.4. The van der Waals surface area contributed by atoms with Crippen molar-refractivity contribution < 1.29 is 9.84 Å². The lowest BCUT2D eigenvalue weighted by atomic mass is 9.91. The van der Waals surface area contributed by atoms with E-state index in [4.69, 9.17) is 4.74 Å². The Morgan fingerprint density at radius 1 is 1.53 bits per heavy atom. The summed E-state index contributed by atoms with van der Waals surface area (Å²) in [5.74, 6) is 0. The molecule has 2 N–H and O–H groups in total.